The van der Waals surface area contributed by atoms with Crippen molar-refractivity contribution in [3.63, 3.8) is 0 Å². The van der Waals surface area contributed by atoms with Gasteiger partial charge >= 0.3 is 0 Å². The molecule has 0 aromatic heterocycles. The molecule has 1 N–H and O–H groups in total. The fourth-order valence-corrected chi connectivity index (χ4v) is 1.66. The third-order valence-electron chi connectivity index (χ3n) is 2.39. The van der Waals surface area contributed by atoms with Gasteiger partial charge in [0.1, 0.15) is 17.2 Å². The fraction of sp³-hybridized carbons (Fsp3) is 0.231. The van der Waals surface area contributed by atoms with E-state index in [9.17, 15) is 9.90 Å². The molecule has 0 atom stereocenters. The Morgan fingerprint density at radius 3 is 2.83 bits per heavy atom. The van der Waals surface area contributed by atoms with E-state index in [1.807, 2.05) is 6.08 Å². The molecule has 0 aromatic rings. The van der Waals surface area contributed by atoms with Crippen LogP contribution >= 0.6 is 15.9 Å². The van der Waals surface area contributed by atoms with Gasteiger partial charge < -0.3 is 9.84 Å². The molecule has 0 aliphatic heterocycles. The van der Waals surface area contributed by atoms with Crippen LogP contribution in [-0.4, -0.2) is 30.0 Å². The van der Waals surface area contributed by atoms with E-state index in [1.54, 1.807) is 19.3 Å². The summed E-state index contributed by atoms with van der Waals surface area (Å²) in [4.78, 5) is 15.0. The molecule has 96 valence electrons. The van der Waals surface area contributed by atoms with Gasteiger partial charge in [0.25, 0.3) is 0 Å². The molecule has 4 nitrogen and oxygen atoms in total. The molecule has 0 aromatic carbocycles. The second-order valence-electron chi connectivity index (χ2n) is 3.50. The van der Waals surface area contributed by atoms with Gasteiger partial charge in [-0.05, 0) is 30.9 Å². The lowest BCUT2D eigenvalue weighted by Gasteiger charge is -2.09. The third kappa shape index (κ3) is 3.70. The Bertz CT molecular complexity index is 473. The standard InChI is InChI=1S/C13H14BrNO3/c1-15-11(13(17)8-14)7-12(16)9-3-5-10(18-2)6-4-9/h3,5-7,16H,1,4,8H2,2H3/b11-7-,12-9+. The predicted octanol–water partition coefficient (Wildman–Crippen LogP) is 2.84. The van der Waals surface area contributed by atoms with Crippen LogP contribution in [-0.2, 0) is 9.53 Å². The molecule has 0 bridgehead atoms. The number of ether oxygens (including phenoxy) is 1. The van der Waals surface area contributed by atoms with Gasteiger partial charge in [-0.1, -0.05) is 22.0 Å². The molecule has 0 heterocycles. The molecule has 0 saturated heterocycles. The minimum absolute atomic E-state index is 0.00866. The number of alkyl halides is 1. The Labute approximate surface area is 114 Å². The Hall–Kier alpha value is -1.62. The van der Waals surface area contributed by atoms with Gasteiger partial charge in [0.15, 0.2) is 5.78 Å². The Morgan fingerprint density at radius 1 is 1.67 bits per heavy atom. The highest BCUT2D eigenvalue weighted by Crippen LogP contribution is 2.20. The summed E-state index contributed by atoms with van der Waals surface area (Å²) in [5.41, 5.74) is 0.825. The summed E-state index contributed by atoms with van der Waals surface area (Å²) in [6.07, 6.45) is 7.18. The number of carbonyl (C=O) groups is 1. The van der Waals surface area contributed by atoms with Crippen molar-refractivity contribution in [2.45, 2.75) is 6.42 Å². The van der Waals surface area contributed by atoms with Crippen molar-refractivity contribution < 1.29 is 14.6 Å². The van der Waals surface area contributed by atoms with Gasteiger partial charge in [0, 0.05) is 6.08 Å². The highest BCUT2D eigenvalue weighted by Gasteiger charge is 2.10. The number of aliphatic hydroxyl groups is 1. The van der Waals surface area contributed by atoms with Crippen LogP contribution in [0, 0.1) is 0 Å². The summed E-state index contributed by atoms with van der Waals surface area (Å²) in [6.45, 7) is 3.31. The number of ketones is 1. The van der Waals surface area contributed by atoms with E-state index in [2.05, 4.69) is 27.6 Å². The number of aliphatic imine (C=N–C) groups is 1. The summed E-state index contributed by atoms with van der Waals surface area (Å²) in [7, 11) is 1.58. The average Bonchev–Trinajstić information content (AvgIpc) is 2.43. The van der Waals surface area contributed by atoms with Gasteiger partial charge in [0.05, 0.1) is 12.4 Å². The first-order chi connectivity index (χ1) is 8.62. The molecule has 0 saturated carbocycles. The molecule has 1 aliphatic carbocycles. The third-order valence-corrected chi connectivity index (χ3v) is 2.90. The molecular weight excluding hydrogens is 298 g/mol. The van der Waals surface area contributed by atoms with Crippen LogP contribution in [0.1, 0.15) is 6.42 Å². The SMILES string of the molecule is C=N/C(=C\C(O)=C1\C=CC(OC)=CC1)C(=O)CBr. The van der Waals surface area contributed by atoms with E-state index in [1.165, 1.54) is 6.08 Å². The van der Waals surface area contributed by atoms with Crippen LogP contribution < -0.4 is 0 Å². The molecule has 0 spiro atoms. The minimum atomic E-state index is -0.231. The number of Topliss-reactive ketones (excluding diaryl/α,β-unsaturated/α-hetero) is 1. The lowest BCUT2D eigenvalue weighted by molar-refractivity contribution is -0.113. The van der Waals surface area contributed by atoms with E-state index in [-0.39, 0.29) is 22.6 Å². The van der Waals surface area contributed by atoms with Crippen molar-refractivity contribution in [3.05, 3.63) is 47.1 Å². The van der Waals surface area contributed by atoms with Gasteiger partial charge in [-0.15, -0.1) is 0 Å². The predicted molar refractivity (Wildman–Crippen MR) is 74.9 cm³/mol. The van der Waals surface area contributed by atoms with E-state index >= 15 is 0 Å². The largest absolute Gasteiger partial charge is 0.508 e. The zero-order valence-electron chi connectivity index (χ0n) is 10.0. The van der Waals surface area contributed by atoms with Crippen molar-refractivity contribution in [1.82, 2.24) is 0 Å². The highest BCUT2D eigenvalue weighted by atomic mass is 79.9. The molecule has 1 rings (SSSR count). The number of nitrogens with zero attached hydrogens (tertiary/aromatic N) is 1. The lowest BCUT2D eigenvalue weighted by Crippen LogP contribution is -2.02. The lowest BCUT2D eigenvalue weighted by atomic mass is 10.0. The summed E-state index contributed by atoms with van der Waals surface area (Å²) in [5.74, 6) is 0.522. The monoisotopic (exact) mass is 311 g/mol. The molecule has 0 radical (unpaired) electrons. The second-order valence-corrected chi connectivity index (χ2v) is 4.06. The zero-order valence-corrected chi connectivity index (χ0v) is 11.6. The van der Waals surface area contributed by atoms with Gasteiger partial charge in [0.2, 0.25) is 0 Å². The maximum absolute atomic E-state index is 11.4. The zero-order chi connectivity index (χ0) is 13.5. The molecule has 1 aliphatic rings. The molecule has 5 heteroatoms. The maximum atomic E-state index is 11.4. The summed E-state index contributed by atoms with van der Waals surface area (Å²) in [6, 6.07) is 0. The van der Waals surface area contributed by atoms with E-state index in [0.717, 1.165) is 5.76 Å². The number of halogens is 1. The quantitative estimate of drug-likeness (QED) is 0.367. The van der Waals surface area contributed by atoms with Crippen molar-refractivity contribution in [3.8, 4) is 0 Å². The number of rotatable bonds is 5. The Balaban J connectivity index is 2.94. The Kier molecular flexibility index (Phi) is 5.58. The summed E-state index contributed by atoms with van der Waals surface area (Å²) >= 11 is 3.04. The van der Waals surface area contributed by atoms with Crippen molar-refractivity contribution in [1.29, 1.82) is 0 Å². The topological polar surface area (TPSA) is 58.9 Å². The van der Waals surface area contributed by atoms with E-state index in [4.69, 9.17) is 4.74 Å². The first kappa shape index (κ1) is 14.4. The average molecular weight is 312 g/mol. The van der Waals surface area contributed by atoms with Crippen molar-refractivity contribution >= 4 is 28.4 Å². The Morgan fingerprint density at radius 2 is 2.39 bits per heavy atom. The van der Waals surface area contributed by atoms with E-state index < -0.39 is 0 Å². The van der Waals surface area contributed by atoms with Crippen LogP contribution in [0.3, 0.4) is 0 Å². The van der Waals surface area contributed by atoms with Gasteiger partial charge in [-0.25, -0.2) is 0 Å². The molecule has 18 heavy (non-hydrogen) atoms. The molecule has 0 fully saturated rings. The summed E-state index contributed by atoms with van der Waals surface area (Å²) in [5, 5.41) is 10.0. The fourth-order valence-electron chi connectivity index (χ4n) is 1.38. The number of aliphatic hydroxyl groups excluding tert-OH is 1. The molecule has 0 amide bonds. The number of methoxy groups -OCH3 is 1. The number of hydrogen-bond donors (Lipinski definition) is 1. The number of allylic oxidation sites excluding steroid dienone is 6. The van der Waals surface area contributed by atoms with E-state index in [0.29, 0.717) is 12.0 Å². The minimum Gasteiger partial charge on any atom is -0.508 e. The first-order valence-corrected chi connectivity index (χ1v) is 6.36. The molecule has 0 unspecified atom stereocenters. The van der Waals surface area contributed by atoms with Crippen molar-refractivity contribution in [2.75, 3.05) is 12.4 Å². The molecular formula is C13H14BrNO3. The second kappa shape index (κ2) is 6.96. The van der Waals surface area contributed by atoms with Crippen LogP contribution in [0.25, 0.3) is 0 Å². The summed E-state index contributed by atoms with van der Waals surface area (Å²) < 4.78 is 5.04. The van der Waals surface area contributed by atoms with Crippen LogP contribution in [0.5, 0.6) is 0 Å². The van der Waals surface area contributed by atoms with Gasteiger partial charge in [-0.2, -0.15) is 0 Å². The van der Waals surface area contributed by atoms with Crippen LogP contribution in [0.15, 0.2) is 52.1 Å². The highest BCUT2D eigenvalue weighted by molar-refractivity contribution is 9.09. The number of hydrogen-bond acceptors (Lipinski definition) is 4. The maximum Gasteiger partial charge on any atom is 0.191 e. The number of carbonyl (C=O) groups excluding carboxylic acids is 1. The first-order valence-electron chi connectivity index (χ1n) is 5.24. The van der Waals surface area contributed by atoms with Gasteiger partial charge in [-0.3, -0.25) is 9.79 Å². The smallest absolute Gasteiger partial charge is 0.191 e. The van der Waals surface area contributed by atoms with Crippen molar-refractivity contribution in [2.24, 2.45) is 4.99 Å². The van der Waals surface area contributed by atoms with Crippen LogP contribution in [0.2, 0.25) is 0 Å². The van der Waals surface area contributed by atoms with Crippen LogP contribution in [0.4, 0.5) is 0 Å². The normalized spacial score (nSPS) is 18.1.